The molecule has 88 valence electrons. The zero-order chi connectivity index (χ0) is 12.1. The SMILES string of the molecule is CC(N)CCC(=O)Cc1c(Cl)cccc1Cl. The Balaban J connectivity index is 2.63. The van der Waals surface area contributed by atoms with Gasteiger partial charge in [-0.15, -0.1) is 0 Å². The number of hydrogen-bond acceptors (Lipinski definition) is 2. The Kier molecular flexibility index (Phi) is 5.26. The topological polar surface area (TPSA) is 43.1 Å². The van der Waals surface area contributed by atoms with Gasteiger partial charge < -0.3 is 5.73 Å². The molecule has 16 heavy (non-hydrogen) atoms. The minimum absolute atomic E-state index is 0.0469. The number of ketones is 1. The van der Waals surface area contributed by atoms with E-state index in [-0.39, 0.29) is 18.2 Å². The van der Waals surface area contributed by atoms with Crippen LogP contribution < -0.4 is 5.73 Å². The van der Waals surface area contributed by atoms with Crippen molar-refractivity contribution in [2.24, 2.45) is 5.73 Å². The minimum atomic E-state index is 0.0469. The predicted octanol–water partition coefficient (Wildman–Crippen LogP) is 3.23. The van der Waals surface area contributed by atoms with Crippen LogP contribution in [-0.2, 0) is 11.2 Å². The lowest BCUT2D eigenvalue weighted by Crippen LogP contribution is -2.17. The molecule has 2 nitrogen and oxygen atoms in total. The van der Waals surface area contributed by atoms with Crippen LogP contribution in [-0.4, -0.2) is 11.8 Å². The highest BCUT2D eigenvalue weighted by Crippen LogP contribution is 2.25. The third-order valence-corrected chi connectivity index (χ3v) is 3.02. The van der Waals surface area contributed by atoms with Crippen molar-refractivity contribution in [2.45, 2.75) is 32.2 Å². The molecule has 1 atom stereocenters. The van der Waals surface area contributed by atoms with E-state index in [0.29, 0.717) is 28.5 Å². The molecule has 0 aromatic heterocycles. The van der Waals surface area contributed by atoms with Crippen LogP contribution >= 0.6 is 23.2 Å². The van der Waals surface area contributed by atoms with Crippen LogP contribution in [0, 0.1) is 0 Å². The molecule has 1 rings (SSSR count). The van der Waals surface area contributed by atoms with Gasteiger partial charge in [0.1, 0.15) is 5.78 Å². The molecular formula is C12H15Cl2NO. The highest BCUT2D eigenvalue weighted by atomic mass is 35.5. The van der Waals surface area contributed by atoms with Crippen LogP contribution in [0.15, 0.2) is 18.2 Å². The van der Waals surface area contributed by atoms with Crippen LogP contribution in [0.25, 0.3) is 0 Å². The predicted molar refractivity (Wildman–Crippen MR) is 68.1 cm³/mol. The Morgan fingerprint density at radius 2 is 1.94 bits per heavy atom. The van der Waals surface area contributed by atoms with Gasteiger partial charge >= 0.3 is 0 Å². The first-order chi connectivity index (χ1) is 7.50. The molecule has 0 aliphatic heterocycles. The van der Waals surface area contributed by atoms with Crippen molar-refractivity contribution in [2.75, 3.05) is 0 Å². The van der Waals surface area contributed by atoms with Crippen molar-refractivity contribution < 1.29 is 4.79 Å². The van der Waals surface area contributed by atoms with Crippen molar-refractivity contribution >= 4 is 29.0 Å². The second-order valence-corrected chi connectivity index (χ2v) is 4.75. The Labute approximate surface area is 106 Å². The lowest BCUT2D eigenvalue weighted by atomic mass is 10.0. The molecule has 0 heterocycles. The van der Waals surface area contributed by atoms with Crippen LogP contribution in [0.3, 0.4) is 0 Å². The Morgan fingerprint density at radius 1 is 1.38 bits per heavy atom. The van der Waals surface area contributed by atoms with E-state index >= 15 is 0 Å². The third kappa shape index (κ3) is 4.12. The molecule has 1 aromatic carbocycles. The van der Waals surface area contributed by atoms with Gasteiger partial charge in [0.15, 0.2) is 0 Å². The fraction of sp³-hybridized carbons (Fsp3) is 0.417. The highest BCUT2D eigenvalue weighted by molar-refractivity contribution is 6.36. The summed E-state index contributed by atoms with van der Waals surface area (Å²) in [6.45, 7) is 1.88. The maximum absolute atomic E-state index is 11.6. The zero-order valence-corrected chi connectivity index (χ0v) is 10.7. The lowest BCUT2D eigenvalue weighted by Gasteiger charge is -2.07. The Morgan fingerprint density at radius 3 is 2.44 bits per heavy atom. The summed E-state index contributed by atoms with van der Waals surface area (Å²) in [5.41, 5.74) is 6.30. The number of halogens is 2. The fourth-order valence-electron chi connectivity index (χ4n) is 1.38. The van der Waals surface area contributed by atoms with Gasteiger partial charge in [0.05, 0.1) is 0 Å². The molecule has 0 spiro atoms. The Bertz CT molecular complexity index is 357. The summed E-state index contributed by atoms with van der Waals surface area (Å²) in [7, 11) is 0. The average Bonchev–Trinajstić information content (AvgIpc) is 2.21. The molecule has 1 aromatic rings. The third-order valence-electron chi connectivity index (χ3n) is 2.31. The molecular weight excluding hydrogens is 245 g/mol. The standard InChI is InChI=1S/C12H15Cl2NO/c1-8(15)5-6-9(16)7-10-11(13)3-2-4-12(10)14/h2-4,8H,5-7,15H2,1H3. The van der Waals surface area contributed by atoms with E-state index in [1.54, 1.807) is 18.2 Å². The molecule has 0 fully saturated rings. The number of nitrogens with two attached hydrogens (primary N) is 1. The van der Waals surface area contributed by atoms with Crippen molar-refractivity contribution in [1.29, 1.82) is 0 Å². The van der Waals surface area contributed by atoms with Crippen molar-refractivity contribution in [1.82, 2.24) is 0 Å². The number of carbonyl (C=O) groups excluding carboxylic acids is 1. The molecule has 0 radical (unpaired) electrons. The summed E-state index contributed by atoms with van der Waals surface area (Å²) in [6, 6.07) is 5.29. The van der Waals surface area contributed by atoms with E-state index in [2.05, 4.69) is 0 Å². The first-order valence-corrected chi connectivity index (χ1v) is 5.96. The summed E-state index contributed by atoms with van der Waals surface area (Å²) in [4.78, 5) is 11.6. The summed E-state index contributed by atoms with van der Waals surface area (Å²) in [5, 5.41) is 1.09. The number of hydrogen-bond donors (Lipinski definition) is 1. The summed E-state index contributed by atoms with van der Waals surface area (Å²) in [6.07, 6.45) is 1.45. The number of rotatable bonds is 5. The molecule has 4 heteroatoms. The number of Topliss-reactive ketones (excluding diaryl/α,β-unsaturated/α-hetero) is 1. The largest absolute Gasteiger partial charge is 0.328 e. The second kappa shape index (κ2) is 6.24. The smallest absolute Gasteiger partial charge is 0.137 e. The monoisotopic (exact) mass is 259 g/mol. The molecule has 1 unspecified atom stereocenters. The first kappa shape index (κ1) is 13.5. The molecule has 0 aliphatic rings. The van der Waals surface area contributed by atoms with Gasteiger partial charge in [-0.25, -0.2) is 0 Å². The summed E-state index contributed by atoms with van der Waals surface area (Å²) in [5.74, 6) is 0.118. The zero-order valence-electron chi connectivity index (χ0n) is 9.17. The van der Waals surface area contributed by atoms with Crippen LogP contribution in [0.5, 0.6) is 0 Å². The van der Waals surface area contributed by atoms with E-state index in [0.717, 1.165) is 0 Å². The van der Waals surface area contributed by atoms with Gasteiger partial charge in [-0.1, -0.05) is 29.3 Å². The Hall–Kier alpha value is -0.570. The van der Waals surface area contributed by atoms with Gasteiger partial charge in [0.25, 0.3) is 0 Å². The van der Waals surface area contributed by atoms with Gasteiger partial charge in [-0.3, -0.25) is 4.79 Å². The number of carbonyl (C=O) groups is 1. The normalized spacial score (nSPS) is 12.5. The van der Waals surface area contributed by atoms with Crippen LogP contribution in [0.1, 0.15) is 25.3 Å². The number of benzene rings is 1. The maximum Gasteiger partial charge on any atom is 0.137 e. The van der Waals surface area contributed by atoms with Gasteiger partial charge in [-0.2, -0.15) is 0 Å². The average molecular weight is 260 g/mol. The maximum atomic E-state index is 11.6. The van der Waals surface area contributed by atoms with Crippen molar-refractivity contribution in [3.8, 4) is 0 Å². The van der Waals surface area contributed by atoms with E-state index in [4.69, 9.17) is 28.9 Å². The molecule has 0 saturated carbocycles. The highest BCUT2D eigenvalue weighted by Gasteiger charge is 2.11. The van der Waals surface area contributed by atoms with Crippen LogP contribution in [0.4, 0.5) is 0 Å². The fourth-order valence-corrected chi connectivity index (χ4v) is 1.91. The lowest BCUT2D eigenvalue weighted by molar-refractivity contribution is -0.118. The molecule has 2 N–H and O–H groups in total. The summed E-state index contributed by atoms with van der Waals surface area (Å²) >= 11 is 11.9. The molecule has 0 amide bonds. The van der Waals surface area contributed by atoms with E-state index in [9.17, 15) is 4.79 Å². The van der Waals surface area contributed by atoms with Gasteiger partial charge in [-0.05, 0) is 31.0 Å². The van der Waals surface area contributed by atoms with Gasteiger partial charge in [0, 0.05) is 28.9 Å². The van der Waals surface area contributed by atoms with E-state index in [1.807, 2.05) is 6.92 Å². The van der Waals surface area contributed by atoms with E-state index < -0.39 is 0 Å². The quantitative estimate of drug-likeness (QED) is 0.883. The minimum Gasteiger partial charge on any atom is -0.328 e. The van der Waals surface area contributed by atoms with Gasteiger partial charge in [0.2, 0.25) is 0 Å². The second-order valence-electron chi connectivity index (χ2n) is 3.93. The molecule has 0 saturated heterocycles. The molecule has 0 aliphatic carbocycles. The van der Waals surface area contributed by atoms with Crippen molar-refractivity contribution in [3.05, 3.63) is 33.8 Å². The first-order valence-electron chi connectivity index (χ1n) is 5.21. The van der Waals surface area contributed by atoms with Crippen molar-refractivity contribution in [3.63, 3.8) is 0 Å². The summed E-state index contributed by atoms with van der Waals surface area (Å²) < 4.78 is 0. The van der Waals surface area contributed by atoms with Crippen LogP contribution in [0.2, 0.25) is 10.0 Å². The molecule has 0 bridgehead atoms. The van der Waals surface area contributed by atoms with E-state index in [1.165, 1.54) is 0 Å².